The van der Waals surface area contributed by atoms with Gasteiger partial charge in [-0.3, -0.25) is 9.69 Å². The van der Waals surface area contributed by atoms with Crippen LogP contribution in [0.1, 0.15) is 19.8 Å². The van der Waals surface area contributed by atoms with Gasteiger partial charge in [0.2, 0.25) is 5.91 Å². The maximum atomic E-state index is 14.6. The molecule has 0 unspecified atom stereocenters. The van der Waals surface area contributed by atoms with Crippen LogP contribution in [0.2, 0.25) is 0 Å². The molecule has 2 amide bonds. The third-order valence-electron chi connectivity index (χ3n) is 4.91. The number of hydrogen-bond acceptors (Lipinski definition) is 5. The normalized spacial score (nSPS) is 17.5. The van der Waals surface area contributed by atoms with Gasteiger partial charge in [-0.15, -0.1) is 0 Å². The Morgan fingerprint density at radius 3 is 2.66 bits per heavy atom. The van der Waals surface area contributed by atoms with Crippen LogP contribution in [0.25, 0.3) is 0 Å². The van der Waals surface area contributed by atoms with Gasteiger partial charge in [-0.25, -0.2) is 9.18 Å². The molecule has 1 atom stereocenters. The third kappa shape index (κ3) is 5.64. The van der Waals surface area contributed by atoms with E-state index >= 15 is 0 Å². The molecule has 1 aliphatic carbocycles. The van der Waals surface area contributed by atoms with E-state index in [0.29, 0.717) is 34.8 Å². The van der Waals surface area contributed by atoms with Gasteiger partial charge in [0.15, 0.2) is 16.7 Å². The maximum absolute atomic E-state index is 14.6. The van der Waals surface area contributed by atoms with Crippen molar-refractivity contribution in [1.82, 2.24) is 10.6 Å². The zero-order valence-corrected chi connectivity index (χ0v) is 18.2. The number of anilines is 2. The van der Waals surface area contributed by atoms with Gasteiger partial charge in [0.25, 0.3) is 0 Å². The standard InChI is InChI=1S/C22H23FN4O4S/c1-13(28)25-14-4-7-17(8-5-14)30-20-9-6-16(10-19(20)23)27-12-18(31-22(27)29)11-24-21(32)26-15-2-3-15/h4-10,15,18H,2-3,11-12H2,1H3,(H,25,28)(H2,24,26,32)/t18-/m0/s1. The predicted molar refractivity (Wildman–Crippen MR) is 122 cm³/mol. The SMILES string of the molecule is CC(=O)Nc1ccc(Oc2ccc(N3C[C@H](CNC(=S)NC4CC4)OC3=O)cc2F)cc1. The quantitative estimate of drug-likeness (QED) is 0.547. The minimum Gasteiger partial charge on any atom is -0.454 e. The van der Waals surface area contributed by atoms with Crippen molar-refractivity contribution in [3.8, 4) is 11.5 Å². The summed E-state index contributed by atoms with van der Waals surface area (Å²) in [5, 5.41) is 9.40. The molecule has 0 spiro atoms. The molecule has 0 radical (unpaired) electrons. The lowest BCUT2D eigenvalue weighted by atomic mass is 10.2. The summed E-state index contributed by atoms with van der Waals surface area (Å²) in [6, 6.07) is 11.3. The van der Waals surface area contributed by atoms with Gasteiger partial charge in [0, 0.05) is 24.7 Å². The highest BCUT2D eigenvalue weighted by Gasteiger charge is 2.33. The second-order valence-corrected chi connectivity index (χ2v) is 8.08. The summed E-state index contributed by atoms with van der Waals surface area (Å²) in [4.78, 5) is 24.7. The Labute approximate surface area is 190 Å². The molecule has 8 nitrogen and oxygen atoms in total. The summed E-state index contributed by atoms with van der Waals surface area (Å²) in [7, 11) is 0. The summed E-state index contributed by atoms with van der Waals surface area (Å²) < 4.78 is 25.6. The molecule has 3 N–H and O–H groups in total. The highest BCUT2D eigenvalue weighted by atomic mass is 32.1. The first-order chi connectivity index (χ1) is 15.4. The van der Waals surface area contributed by atoms with Crippen LogP contribution in [0, 0.1) is 5.82 Å². The van der Waals surface area contributed by atoms with Crippen LogP contribution in [-0.4, -0.2) is 42.3 Å². The fourth-order valence-electron chi connectivity index (χ4n) is 3.19. The monoisotopic (exact) mass is 458 g/mol. The van der Waals surface area contributed by atoms with Crippen LogP contribution in [-0.2, 0) is 9.53 Å². The van der Waals surface area contributed by atoms with E-state index in [-0.39, 0.29) is 18.2 Å². The Morgan fingerprint density at radius 1 is 1.25 bits per heavy atom. The molecular weight excluding hydrogens is 435 g/mol. The minimum atomic E-state index is -0.613. The second-order valence-electron chi connectivity index (χ2n) is 7.67. The van der Waals surface area contributed by atoms with E-state index in [0.717, 1.165) is 12.8 Å². The topological polar surface area (TPSA) is 91.9 Å². The summed E-state index contributed by atoms with van der Waals surface area (Å²) in [5.74, 6) is -0.370. The molecule has 1 aliphatic heterocycles. The Balaban J connectivity index is 1.34. The van der Waals surface area contributed by atoms with Gasteiger partial charge in [0.05, 0.1) is 18.8 Å². The zero-order valence-electron chi connectivity index (χ0n) is 17.4. The van der Waals surface area contributed by atoms with E-state index < -0.39 is 18.0 Å². The van der Waals surface area contributed by atoms with Gasteiger partial charge in [-0.2, -0.15) is 0 Å². The van der Waals surface area contributed by atoms with Crippen LogP contribution in [0.5, 0.6) is 11.5 Å². The van der Waals surface area contributed by atoms with E-state index in [1.807, 2.05) is 0 Å². The maximum Gasteiger partial charge on any atom is 0.414 e. The second kappa shape index (κ2) is 9.39. The third-order valence-corrected chi connectivity index (χ3v) is 5.17. The van der Waals surface area contributed by atoms with Crippen molar-refractivity contribution >= 4 is 40.7 Å². The van der Waals surface area contributed by atoms with Crippen molar-refractivity contribution in [2.75, 3.05) is 23.3 Å². The molecular formula is C22H23FN4O4S. The van der Waals surface area contributed by atoms with E-state index in [1.54, 1.807) is 30.3 Å². The fraction of sp³-hybridized carbons (Fsp3) is 0.318. The Hall–Kier alpha value is -3.40. The number of halogens is 1. The van der Waals surface area contributed by atoms with Crippen molar-refractivity contribution in [2.24, 2.45) is 0 Å². The molecule has 1 saturated carbocycles. The van der Waals surface area contributed by atoms with Crippen molar-refractivity contribution in [1.29, 1.82) is 0 Å². The lowest BCUT2D eigenvalue weighted by molar-refractivity contribution is -0.114. The number of ether oxygens (including phenoxy) is 2. The number of nitrogens with zero attached hydrogens (tertiary/aromatic N) is 1. The molecule has 0 aromatic heterocycles. The van der Waals surface area contributed by atoms with Crippen LogP contribution in [0.4, 0.5) is 20.6 Å². The first-order valence-electron chi connectivity index (χ1n) is 10.2. The number of carbonyl (C=O) groups excluding carboxylic acids is 2. The molecule has 2 aromatic carbocycles. The first-order valence-corrected chi connectivity index (χ1v) is 10.7. The van der Waals surface area contributed by atoms with Crippen LogP contribution < -0.4 is 25.6 Å². The largest absolute Gasteiger partial charge is 0.454 e. The van der Waals surface area contributed by atoms with Crippen LogP contribution in [0.3, 0.4) is 0 Å². The fourth-order valence-corrected chi connectivity index (χ4v) is 3.44. The first kappa shape index (κ1) is 21.8. The number of rotatable bonds is 7. The number of thiocarbonyl (C=S) groups is 1. The molecule has 32 heavy (non-hydrogen) atoms. The molecule has 0 bridgehead atoms. The number of carbonyl (C=O) groups is 2. The summed E-state index contributed by atoms with van der Waals surface area (Å²) in [5.41, 5.74) is 0.989. The van der Waals surface area contributed by atoms with Crippen LogP contribution >= 0.6 is 12.2 Å². The van der Waals surface area contributed by atoms with Crippen LogP contribution in [0.15, 0.2) is 42.5 Å². The minimum absolute atomic E-state index is 0.0170. The van der Waals surface area contributed by atoms with Gasteiger partial charge in [-0.1, -0.05) is 0 Å². The van der Waals surface area contributed by atoms with Gasteiger partial charge in [-0.05, 0) is 61.5 Å². The molecule has 168 valence electrons. The zero-order chi connectivity index (χ0) is 22.7. The Morgan fingerprint density at radius 2 is 2.00 bits per heavy atom. The lowest BCUT2D eigenvalue weighted by Crippen LogP contribution is -2.41. The molecule has 1 saturated heterocycles. The number of cyclic esters (lactones) is 1. The predicted octanol–water partition coefficient (Wildman–Crippen LogP) is 3.53. The van der Waals surface area contributed by atoms with Gasteiger partial charge in [0.1, 0.15) is 11.9 Å². The molecule has 2 aromatic rings. The van der Waals surface area contributed by atoms with E-state index in [2.05, 4.69) is 16.0 Å². The molecule has 2 fully saturated rings. The van der Waals surface area contributed by atoms with Gasteiger partial charge >= 0.3 is 6.09 Å². The molecule has 10 heteroatoms. The number of benzene rings is 2. The summed E-state index contributed by atoms with van der Waals surface area (Å²) >= 11 is 5.21. The van der Waals surface area contributed by atoms with Crippen molar-refractivity contribution in [2.45, 2.75) is 31.9 Å². The molecule has 2 aliphatic rings. The number of nitrogens with one attached hydrogen (secondary N) is 3. The number of hydrogen-bond donors (Lipinski definition) is 3. The average molecular weight is 459 g/mol. The summed E-state index contributed by atoms with van der Waals surface area (Å²) in [6.45, 7) is 2.07. The number of amides is 2. The highest BCUT2D eigenvalue weighted by Crippen LogP contribution is 2.30. The Bertz CT molecular complexity index is 1030. The summed E-state index contributed by atoms with van der Waals surface area (Å²) in [6.07, 6.45) is 1.28. The molecule has 4 rings (SSSR count). The van der Waals surface area contributed by atoms with Crippen molar-refractivity contribution in [3.05, 3.63) is 48.3 Å². The van der Waals surface area contributed by atoms with Gasteiger partial charge < -0.3 is 25.4 Å². The van der Waals surface area contributed by atoms with E-state index in [1.165, 1.54) is 24.0 Å². The molecule has 1 heterocycles. The highest BCUT2D eigenvalue weighted by molar-refractivity contribution is 7.80. The lowest BCUT2D eigenvalue weighted by Gasteiger charge is -2.15. The average Bonchev–Trinajstić information content (AvgIpc) is 3.48. The van der Waals surface area contributed by atoms with Crippen molar-refractivity contribution < 1.29 is 23.5 Å². The van der Waals surface area contributed by atoms with E-state index in [9.17, 15) is 14.0 Å². The van der Waals surface area contributed by atoms with E-state index in [4.69, 9.17) is 21.7 Å². The van der Waals surface area contributed by atoms with Crippen molar-refractivity contribution in [3.63, 3.8) is 0 Å². The Kier molecular flexibility index (Phi) is 6.40. The smallest absolute Gasteiger partial charge is 0.414 e.